The molecular formula is C15H23FN2O2. The number of ether oxygens (including phenoxy) is 1. The maximum absolute atomic E-state index is 12.7. The summed E-state index contributed by atoms with van der Waals surface area (Å²) in [5.74, 6) is 0.409. The third-order valence-corrected chi connectivity index (χ3v) is 3.10. The fraction of sp³-hybridized carbons (Fsp3) is 0.533. The summed E-state index contributed by atoms with van der Waals surface area (Å²) in [6.07, 6.45) is 0.699. The first kappa shape index (κ1) is 16.4. The second kappa shape index (κ2) is 7.85. The molecule has 5 heteroatoms. The van der Waals surface area contributed by atoms with Crippen molar-refractivity contribution >= 4 is 5.91 Å². The Kier molecular flexibility index (Phi) is 6.45. The first-order chi connectivity index (χ1) is 9.41. The molecule has 0 unspecified atom stereocenters. The normalized spacial score (nSPS) is 12.3. The van der Waals surface area contributed by atoms with Crippen molar-refractivity contribution in [2.45, 2.75) is 26.3 Å². The molecular weight excluding hydrogens is 259 g/mol. The molecule has 0 aliphatic carbocycles. The Balaban J connectivity index is 2.27. The summed E-state index contributed by atoms with van der Waals surface area (Å²) in [6.45, 7) is 4.91. The van der Waals surface area contributed by atoms with Gasteiger partial charge in [0, 0.05) is 13.6 Å². The maximum atomic E-state index is 12.7. The number of hydrogen-bond donors (Lipinski definition) is 1. The Bertz CT molecular complexity index is 420. The minimum Gasteiger partial charge on any atom is -0.494 e. The largest absolute Gasteiger partial charge is 0.494 e. The van der Waals surface area contributed by atoms with E-state index in [1.165, 1.54) is 12.1 Å². The number of carbonyl (C=O) groups is 1. The summed E-state index contributed by atoms with van der Waals surface area (Å²) in [5, 5.41) is 0. The number of halogens is 1. The Labute approximate surface area is 119 Å². The van der Waals surface area contributed by atoms with Crippen LogP contribution in [0.4, 0.5) is 4.39 Å². The molecule has 1 aromatic rings. The highest BCUT2D eigenvalue weighted by atomic mass is 19.1. The highest BCUT2D eigenvalue weighted by Crippen LogP contribution is 2.11. The van der Waals surface area contributed by atoms with Crippen LogP contribution in [0, 0.1) is 11.7 Å². The monoisotopic (exact) mass is 282 g/mol. The van der Waals surface area contributed by atoms with Gasteiger partial charge >= 0.3 is 0 Å². The third kappa shape index (κ3) is 5.17. The zero-order chi connectivity index (χ0) is 15.1. The number of rotatable bonds is 7. The molecule has 0 saturated carbocycles. The summed E-state index contributed by atoms with van der Waals surface area (Å²) in [7, 11) is 1.74. The first-order valence-corrected chi connectivity index (χ1v) is 6.80. The van der Waals surface area contributed by atoms with Gasteiger partial charge in [0.25, 0.3) is 0 Å². The van der Waals surface area contributed by atoms with Crippen molar-refractivity contribution in [3.63, 3.8) is 0 Å². The van der Waals surface area contributed by atoms with Crippen molar-refractivity contribution in [2.24, 2.45) is 11.7 Å². The minimum atomic E-state index is -0.460. The average molecular weight is 282 g/mol. The first-order valence-electron chi connectivity index (χ1n) is 6.80. The summed E-state index contributed by atoms with van der Waals surface area (Å²) >= 11 is 0. The van der Waals surface area contributed by atoms with Gasteiger partial charge < -0.3 is 15.4 Å². The van der Waals surface area contributed by atoms with E-state index in [0.717, 1.165) is 0 Å². The van der Waals surface area contributed by atoms with Crippen LogP contribution in [-0.2, 0) is 4.79 Å². The second-order valence-electron chi connectivity index (χ2n) is 5.19. The van der Waals surface area contributed by atoms with Gasteiger partial charge in [-0.05, 0) is 36.6 Å². The minimum absolute atomic E-state index is 0.0539. The lowest BCUT2D eigenvalue weighted by atomic mass is 10.0. The fourth-order valence-corrected chi connectivity index (χ4v) is 1.67. The average Bonchev–Trinajstić information content (AvgIpc) is 2.43. The number of amides is 1. The van der Waals surface area contributed by atoms with Crippen LogP contribution in [0.25, 0.3) is 0 Å². The molecule has 4 nitrogen and oxygen atoms in total. The Morgan fingerprint density at radius 1 is 1.35 bits per heavy atom. The van der Waals surface area contributed by atoms with Crippen LogP contribution < -0.4 is 10.5 Å². The van der Waals surface area contributed by atoms with Gasteiger partial charge in [-0.15, -0.1) is 0 Å². The zero-order valence-corrected chi connectivity index (χ0v) is 12.3. The number of nitrogens with zero attached hydrogens (tertiary/aromatic N) is 1. The van der Waals surface area contributed by atoms with Gasteiger partial charge in [0.2, 0.25) is 5.91 Å². The number of benzene rings is 1. The van der Waals surface area contributed by atoms with E-state index in [2.05, 4.69) is 0 Å². The van der Waals surface area contributed by atoms with E-state index in [1.807, 2.05) is 13.8 Å². The van der Waals surface area contributed by atoms with Crippen molar-refractivity contribution in [2.75, 3.05) is 20.2 Å². The SMILES string of the molecule is CC(C)[C@H](N)C(=O)N(C)CCCOc1ccc(F)cc1. The molecule has 2 N–H and O–H groups in total. The summed E-state index contributed by atoms with van der Waals surface area (Å²) in [6, 6.07) is 5.41. The predicted molar refractivity (Wildman–Crippen MR) is 77.0 cm³/mol. The molecule has 20 heavy (non-hydrogen) atoms. The van der Waals surface area contributed by atoms with Crippen LogP contribution in [0.3, 0.4) is 0 Å². The van der Waals surface area contributed by atoms with Crippen LogP contribution in [0.15, 0.2) is 24.3 Å². The van der Waals surface area contributed by atoms with E-state index in [-0.39, 0.29) is 17.6 Å². The second-order valence-corrected chi connectivity index (χ2v) is 5.19. The Morgan fingerprint density at radius 2 is 1.95 bits per heavy atom. The van der Waals surface area contributed by atoms with Gasteiger partial charge in [0.05, 0.1) is 12.6 Å². The van der Waals surface area contributed by atoms with Crippen molar-refractivity contribution in [3.05, 3.63) is 30.1 Å². The smallest absolute Gasteiger partial charge is 0.239 e. The summed E-state index contributed by atoms with van der Waals surface area (Å²) in [4.78, 5) is 13.5. The molecule has 1 amide bonds. The van der Waals surface area contributed by atoms with Gasteiger partial charge in [0.15, 0.2) is 0 Å². The van der Waals surface area contributed by atoms with Gasteiger partial charge in [-0.3, -0.25) is 4.79 Å². The summed E-state index contributed by atoms with van der Waals surface area (Å²) < 4.78 is 18.2. The molecule has 0 fully saturated rings. The zero-order valence-electron chi connectivity index (χ0n) is 12.3. The van der Waals surface area contributed by atoms with Gasteiger partial charge in [-0.25, -0.2) is 4.39 Å². The highest BCUT2D eigenvalue weighted by Gasteiger charge is 2.20. The molecule has 0 radical (unpaired) electrons. The van der Waals surface area contributed by atoms with Crippen LogP contribution in [0.2, 0.25) is 0 Å². The van der Waals surface area contributed by atoms with Gasteiger partial charge in [-0.2, -0.15) is 0 Å². The van der Waals surface area contributed by atoms with Crippen LogP contribution in [0.1, 0.15) is 20.3 Å². The van der Waals surface area contributed by atoms with Crippen molar-refractivity contribution in [1.29, 1.82) is 0 Å². The molecule has 1 rings (SSSR count). The predicted octanol–water partition coefficient (Wildman–Crippen LogP) is 2.04. The quantitative estimate of drug-likeness (QED) is 0.779. The molecule has 112 valence electrons. The maximum Gasteiger partial charge on any atom is 0.239 e. The molecule has 0 saturated heterocycles. The van der Waals surface area contributed by atoms with Crippen molar-refractivity contribution < 1.29 is 13.9 Å². The van der Waals surface area contributed by atoms with Gasteiger partial charge in [0.1, 0.15) is 11.6 Å². The molecule has 0 aliphatic heterocycles. The van der Waals surface area contributed by atoms with Gasteiger partial charge in [-0.1, -0.05) is 13.8 Å². The lowest BCUT2D eigenvalue weighted by Crippen LogP contribution is -2.45. The van der Waals surface area contributed by atoms with Crippen LogP contribution in [-0.4, -0.2) is 37.0 Å². The van der Waals surface area contributed by atoms with E-state index in [4.69, 9.17) is 10.5 Å². The van der Waals surface area contributed by atoms with E-state index in [0.29, 0.717) is 25.3 Å². The molecule has 0 heterocycles. The molecule has 0 aromatic heterocycles. The highest BCUT2D eigenvalue weighted by molar-refractivity contribution is 5.81. The number of carbonyl (C=O) groups excluding carboxylic acids is 1. The Morgan fingerprint density at radius 3 is 2.50 bits per heavy atom. The molecule has 0 aliphatic rings. The standard InChI is InChI=1S/C15H23FN2O2/c1-11(2)14(17)15(19)18(3)9-4-10-20-13-7-5-12(16)6-8-13/h5-8,11,14H,4,9-10,17H2,1-3H3/t14-/m0/s1. The topological polar surface area (TPSA) is 55.6 Å². The molecule has 0 bridgehead atoms. The number of nitrogens with two attached hydrogens (primary N) is 1. The van der Waals surface area contributed by atoms with E-state index in [9.17, 15) is 9.18 Å². The number of likely N-dealkylation sites (N-methyl/N-ethyl adjacent to an activating group) is 1. The van der Waals surface area contributed by atoms with E-state index < -0.39 is 6.04 Å². The molecule has 0 spiro atoms. The lowest BCUT2D eigenvalue weighted by Gasteiger charge is -2.23. The lowest BCUT2D eigenvalue weighted by molar-refractivity contribution is -0.132. The Hall–Kier alpha value is -1.62. The number of hydrogen-bond acceptors (Lipinski definition) is 3. The molecule has 1 aromatic carbocycles. The third-order valence-electron chi connectivity index (χ3n) is 3.10. The van der Waals surface area contributed by atoms with Crippen molar-refractivity contribution in [1.82, 2.24) is 4.90 Å². The van der Waals surface area contributed by atoms with E-state index in [1.54, 1.807) is 24.1 Å². The van der Waals surface area contributed by atoms with Crippen molar-refractivity contribution in [3.8, 4) is 5.75 Å². The fourth-order valence-electron chi connectivity index (χ4n) is 1.67. The van der Waals surface area contributed by atoms with Crippen LogP contribution in [0.5, 0.6) is 5.75 Å². The van der Waals surface area contributed by atoms with Crippen LogP contribution >= 0.6 is 0 Å². The molecule has 1 atom stereocenters. The summed E-state index contributed by atoms with van der Waals surface area (Å²) in [5.41, 5.74) is 5.81. The van der Waals surface area contributed by atoms with E-state index >= 15 is 0 Å².